The number of ether oxygens (including phenoxy) is 3. The van der Waals surface area contributed by atoms with Gasteiger partial charge in [-0.2, -0.15) is 0 Å². The van der Waals surface area contributed by atoms with E-state index >= 15 is 0 Å². The summed E-state index contributed by atoms with van der Waals surface area (Å²) in [5.74, 6) is 0.939. The standard InChI is InChI=1S/C32H39ClN2O6S/c1-20-17-40-25-10-12-39-30(15-25)26-7-4-23(26)16-35-18-32(11-2-3-21-13-24(33)6-8-27(21)32)19-41-29-9-5-22(14-28(29)35)31(36)34-42(20,37)38/h5-6,8-9,13-14,20,23,25-26,30H,2-4,7,10-12,15-19H2,1H3,(H,34,36)/t20-,23-,25-,26+,30-,32-/m0/s1. The Morgan fingerprint density at radius 3 is 2.81 bits per heavy atom. The number of nitrogens with one attached hydrogen (secondary N) is 1. The summed E-state index contributed by atoms with van der Waals surface area (Å²) >= 11 is 6.41. The van der Waals surface area contributed by atoms with Gasteiger partial charge in [0.2, 0.25) is 10.0 Å². The molecular formula is C32H39ClN2O6S. The molecule has 1 saturated carbocycles. The van der Waals surface area contributed by atoms with Crippen LogP contribution in [0, 0.1) is 11.8 Å². The highest BCUT2D eigenvalue weighted by atomic mass is 35.5. The highest BCUT2D eigenvalue weighted by Crippen LogP contribution is 2.47. The lowest BCUT2D eigenvalue weighted by Crippen LogP contribution is -2.51. The smallest absolute Gasteiger partial charge is 0.264 e. The van der Waals surface area contributed by atoms with Gasteiger partial charge in [0.25, 0.3) is 5.91 Å². The molecule has 226 valence electrons. The Labute approximate surface area is 253 Å². The molecule has 1 saturated heterocycles. The molecule has 0 aromatic heterocycles. The minimum Gasteiger partial charge on any atom is -0.490 e. The SMILES string of the molecule is C[C@H]1CO[C@H]2CCO[C@@H](C2)[C@@H]2CC[C@H]2CN2C[C@@]3(CCCc4cc(Cl)ccc43)COc3ccc(cc32)C(=O)NS1(=O)=O. The van der Waals surface area contributed by atoms with Crippen molar-refractivity contribution in [1.82, 2.24) is 4.72 Å². The number of benzene rings is 2. The van der Waals surface area contributed by atoms with Crippen LogP contribution in [0.25, 0.3) is 0 Å². The number of halogens is 1. The van der Waals surface area contributed by atoms with Crippen molar-refractivity contribution < 1.29 is 27.4 Å². The van der Waals surface area contributed by atoms with E-state index in [1.54, 1.807) is 19.1 Å². The molecule has 1 amide bonds. The fraction of sp³-hybridized carbons (Fsp3) is 0.594. The molecule has 2 fully saturated rings. The minimum absolute atomic E-state index is 0.0364. The molecule has 2 aromatic carbocycles. The van der Waals surface area contributed by atoms with Crippen LogP contribution in [0.1, 0.15) is 66.9 Å². The summed E-state index contributed by atoms with van der Waals surface area (Å²) in [4.78, 5) is 15.7. The summed E-state index contributed by atoms with van der Waals surface area (Å²) in [7, 11) is -3.93. The van der Waals surface area contributed by atoms with Gasteiger partial charge in [-0.25, -0.2) is 13.1 Å². The number of carbonyl (C=O) groups is 1. The Hall–Kier alpha value is -2.33. The van der Waals surface area contributed by atoms with Crippen molar-refractivity contribution in [3.05, 3.63) is 58.1 Å². The molecule has 6 atom stereocenters. The average molecular weight is 615 g/mol. The highest BCUT2D eigenvalue weighted by molar-refractivity contribution is 7.90. The van der Waals surface area contributed by atoms with E-state index in [4.69, 9.17) is 25.8 Å². The first-order chi connectivity index (χ1) is 20.2. The van der Waals surface area contributed by atoms with E-state index in [1.165, 1.54) is 11.1 Å². The zero-order chi connectivity index (χ0) is 29.1. The molecular weight excluding hydrogens is 576 g/mol. The number of aryl methyl sites for hydroxylation is 1. The van der Waals surface area contributed by atoms with Crippen LogP contribution in [0.5, 0.6) is 5.75 Å². The number of anilines is 1. The molecule has 10 heteroatoms. The van der Waals surface area contributed by atoms with Crippen molar-refractivity contribution in [3.8, 4) is 5.75 Å². The number of hydrogen-bond acceptors (Lipinski definition) is 7. The van der Waals surface area contributed by atoms with Crippen LogP contribution in [0.3, 0.4) is 0 Å². The lowest BCUT2D eigenvalue weighted by atomic mass is 9.67. The Balaban J connectivity index is 1.29. The van der Waals surface area contributed by atoms with Crippen molar-refractivity contribution in [2.45, 2.75) is 74.7 Å². The van der Waals surface area contributed by atoms with Crippen LogP contribution in [0.2, 0.25) is 5.02 Å². The third-order valence-electron chi connectivity index (χ3n) is 10.3. The molecule has 4 bridgehead atoms. The quantitative estimate of drug-likeness (QED) is 0.453. The lowest BCUT2D eigenvalue weighted by molar-refractivity contribution is -0.116. The summed E-state index contributed by atoms with van der Waals surface area (Å²) in [5.41, 5.74) is 3.48. The predicted octanol–water partition coefficient (Wildman–Crippen LogP) is 4.87. The second-order valence-electron chi connectivity index (χ2n) is 13.0. The topological polar surface area (TPSA) is 94.2 Å². The number of hydrogen-bond donors (Lipinski definition) is 1. The third-order valence-corrected chi connectivity index (χ3v) is 12.2. The maximum Gasteiger partial charge on any atom is 0.264 e. The Morgan fingerprint density at radius 2 is 1.98 bits per heavy atom. The van der Waals surface area contributed by atoms with E-state index in [9.17, 15) is 13.2 Å². The molecule has 3 aliphatic heterocycles. The Bertz CT molecular complexity index is 1480. The predicted molar refractivity (Wildman–Crippen MR) is 161 cm³/mol. The van der Waals surface area contributed by atoms with Crippen LogP contribution in [0.4, 0.5) is 5.69 Å². The second kappa shape index (κ2) is 11.0. The van der Waals surface area contributed by atoms with E-state index in [1.807, 2.05) is 12.1 Å². The Kier molecular flexibility index (Phi) is 7.44. The molecule has 5 aliphatic rings. The van der Waals surface area contributed by atoms with Crippen molar-refractivity contribution in [1.29, 1.82) is 0 Å². The van der Waals surface area contributed by atoms with Gasteiger partial charge in [0, 0.05) is 42.1 Å². The molecule has 2 aliphatic carbocycles. The molecule has 2 aromatic rings. The van der Waals surface area contributed by atoms with E-state index in [0.717, 1.165) is 74.5 Å². The largest absolute Gasteiger partial charge is 0.490 e. The summed E-state index contributed by atoms with van der Waals surface area (Å²) in [5, 5.41) is -0.117. The monoisotopic (exact) mass is 614 g/mol. The van der Waals surface area contributed by atoms with Gasteiger partial charge in [-0.3, -0.25) is 4.79 Å². The maximum atomic E-state index is 13.3. The van der Waals surface area contributed by atoms with Crippen molar-refractivity contribution >= 4 is 33.2 Å². The van der Waals surface area contributed by atoms with Crippen molar-refractivity contribution in [2.24, 2.45) is 11.8 Å². The van der Waals surface area contributed by atoms with E-state index in [0.29, 0.717) is 30.6 Å². The summed E-state index contributed by atoms with van der Waals surface area (Å²) in [6, 6.07) is 11.5. The summed E-state index contributed by atoms with van der Waals surface area (Å²) in [6.07, 6.45) is 6.83. The molecule has 42 heavy (non-hydrogen) atoms. The van der Waals surface area contributed by atoms with Crippen LogP contribution in [-0.4, -0.2) is 64.7 Å². The maximum absolute atomic E-state index is 13.3. The van der Waals surface area contributed by atoms with Crippen molar-refractivity contribution in [3.63, 3.8) is 0 Å². The van der Waals surface area contributed by atoms with Gasteiger partial charge in [-0.15, -0.1) is 0 Å². The average Bonchev–Trinajstić information content (AvgIpc) is 3.10. The fourth-order valence-corrected chi connectivity index (χ4v) is 8.77. The van der Waals surface area contributed by atoms with Crippen LogP contribution in [-0.2, 0) is 31.3 Å². The number of fused-ring (bicyclic) bond motifs is 7. The van der Waals surface area contributed by atoms with Gasteiger partial charge in [0.1, 0.15) is 11.0 Å². The molecule has 0 radical (unpaired) electrons. The van der Waals surface area contributed by atoms with E-state index < -0.39 is 21.2 Å². The van der Waals surface area contributed by atoms with Crippen molar-refractivity contribution in [2.75, 3.05) is 37.8 Å². The molecule has 1 N–H and O–H groups in total. The van der Waals surface area contributed by atoms with E-state index in [-0.39, 0.29) is 24.2 Å². The van der Waals surface area contributed by atoms with Gasteiger partial charge in [0.05, 0.1) is 31.1 Å². The third kappa shape index (κ3) is 5.20. The van der Waals surface area contributed by atoms with Crippen LogP contribution < -0.4 is 14.4 Å². The molecule has 8 nitrogen and oxygen atoms in total. The van der Waals surface area contributed by atoms with Gasteiger partial charge >= 0.3 is 0 Å². The molecule has 0 unspecified atom stereocenters. The lowest BCUT2D eigenvalue weighted by Gasteiger charge is -2.48. The van der Waals surface area contributed by atoms with E-state index in [2.05, 4.69) is 21.8 Å². The summed E-state index contributed by atoms with van der Waals surface area (Å²) < 4.78 is 47.5. The summed E-state index contributed by atoms with van der Waals surface area (Å²) in [6.45, 7) is 4.32. The molecule has 7 rings (SSSR count). The van der Waals surface area contributed by atoms with Gasteiger partial charge in [-0.05, 0) is 98.7 Å². The number of carbonyl (C=O) groups excluding carboxylic acids is 1. The number of rotatable bonds is 0. The second-order valence-corrected chi connectivity index (χ2v) is 15.5. The first kappa shape index (κ1) is 28.4. The molecule has 3 heterocycles. The normalized spacial score (nSPS) is 34.2. The molecule has 1 spiro atoms. The number of sulfonamides is 1. The first-order valence-corrected chi connectivity index (χ1v) is 17.2. The minimum atomic E-state index is -3.93. The zero-order valence-corrected chi connectivity index (χ0v) is 25.6. The number of nitrogens with zero attached hydrogens (tertiary/aromatic N) is 1. The van der Waals surface area contributed by atoms with Crippen LogP contribution >= 0.6 is 11.6 Å². The van der Waals surface area contributed by atoms with Crippen LogP contribution in [0.15, 0.2) is 36.4 Å². The fourth-order valence-electron chi connectivity index (χ4n) is 7.74. The van der Waals surface area contributed by atoms with Gasteiger partial charge in [0.15, 0.2) is 0 Å². The van der Waals surface area contributed by atoms with Gasteiger partial charge < -0.3 is 19.1 Å². The number of amides is 1. The highest BCUT2D eigenvalue weighted by Gasteiger charge is 2.45. The first-order valence-electron chi connectivity index (χ1n) is 15.3. The Morgan fingerprint density at radius 1 is 1.10 bits per heavy atom. The van der Waals surface area contributed by atoms with Gasteiger partial charge in [-0.1, -0.05) is 17.7 Å². The zero-order valence-electron chi connectivity index (χ0n) is 24.0.